The van der Waals surface area contributed by atoms with E-state index in [1.165, 1.54) is 12.1 Å². The van der Waals surface area contributed by atoms with Gasteiger partial charge in [-0.15, -0.1) is 0 Å². The van der Waals surface area contributed by atoms with Crippen molar-refractivity contribution in [2.24, 2.45) is 5.92 Å². The van der Waals surface area contributed by atoms with E-state index >= 15 is 0 Å². The fourth-order valence-corrected chi connectivity index (χ4v) is 3.60. The van der Waals surface area contributed by atoms with Crippen LogP contribution in [-0.2, 0) is 30.4 Å². The van der Waals surface area contributed by atoms with E-state index in [-0.39, 0.29) is 31.3 Å². The maximum absolute atomic E-state index is 12.6. The van der Waals surface area contributed by atoms with Crippen molar-refractivity contribution in [3.8, 4) is 5.75 Å². The lowest BCUT2D eigenvalue weighted by molar-refractivity contribution is -0.277. The summed E-state index contributed by atoms with van der Waals surface area (Å²) in [6.07, 6.45) is -7.50. The van der Waals surface area contributed by atoms with Gasteiger partial charge in [-0.2, -0.15) is 0 Å². The first-order valence-electron chi connectivity index (χ1n) is 11.1. The van der Waals surface area contributed by atoms with E-state index in [9.17, 15) is 35.1 Å². The minimum atomic E-state index is -2.01. The molecule has 0 aromatic heterocycles. The molecule has 5 N–H and O–H groups in total. The third-order valence-electron chi connectivity index (χ3n) is 5.26. The van der Waals surface area contributed by atoms with Gasteiger partial charge in [0.2, 0.25) is 6.29 Å². The fourth-order valence-electron chi connectivity index (χ4n) is 3.60. The number of carbonyl (C=O) groups is 2. The molecule has 1 aromatic rings. The van der Waals surface area contributed by atoms with Gasteiger partial charge in [-0.05, 0) is 37.0 Å². The molecule has 1 aliphatic rings. The van der Waals surface area contributed by atoms with Crippen LogP contribution < -0.4 is 4.74 Å². The summed E-state index contributed by atoms with van der Waals surface area (Å²) in [6, 6.07) is 6.14. The Kier molecular flexibility index (Phi) is 10.2. The van der Waals surface area contributed by atoms with Crippen molar-refractivity contribution in [1.29, 1.82) is 0 Å². The van der Waals surface area contributed by atoms with E-state index in [1.807, 2.05) is 0 Å². The zero-order chi connectivity index (χ0) is 25.5. The number of hydrogen-bond donors (Lipinski definition) is 5. The molecule has 0 spiro atoms. The largest absolute Gasteiger partial charge is 0.466 e. The normalized spacial score (nSPS) is 26.6. The summed E-state index contributed by atoms with van der Waals surface area (Å²) >= 11 is 0. The minimum absolute atomic E-state index is 0.0243. The van der Waals surface area contributed by atoms with Gasteiger partial charge in [0.05, 0.1) is 19.6 Å². The highest BCUT2D eigenvalue weighted by molar-refractivity contribution is 5.85. The second-order valence-electron chi connectivity index (χ2n) is 8.65. The zero-order valence-corrected chi connectivity index (χ0v) is 19.5. The van der Waals surface area contributed by atoms with Gasteiger partial charge in [-0.25, -0.2) is 4.79 Å². The summed E-state index contributed by atoms with van der Waals surface area (Å²) in [7, 11) is 0. The van der Waals surface area contributed by atoms with Gasteiger partial charge < -0.3 is 44.5 Å². The number of esters is 2. The van der Waals surface area contributed by atoms with Crippen LogP contribution in [0.1, 0.15) is 39.2 Å². The molecule has 0 aliphatic carbocycles. The van der Waals surface area contributed by atoms with Gasteiger partial charge in [0, 0.05) is 0 Å². The first-order valence-corrected chi connectivity index (χ1v) is 11.1. The Hall–Kier alpha value is -2.28. The Labute approximate surface area is 197 Å². The lowest BCUT2D eigenvalue weighted by atomic mass is 9.89. The van der Waals surface area contributed by atoms with Gasteiger partial charge in [0.25, 0.3) is 0 Å². The molecular formula is C23H34O11. The molecule has 1 heterocycles. The highest BCUT2D eigenvalue weighted by atomic mass is 16.7. The van der Waals surface area contributed by atoms with Gasteiger partial charge in [-0.3, -0.25) is 4.79 Å². The molecular weight excluding hydrogens is 452 g/mol. The summed E-state index contributed by atoms with van der Waals surface area (Å²) in [5.74, 6) is -1.46. The van der Waals surface area contributed by atoms with Crippen LogP contribution in [0.5, 0.6) is 5.75 Å². The monoisotopic (exact) mass is 486 g/mol. The highest BCUT2D eigenvalue weighted by Gasteiger charge is 2.45. The fraction of sp³-hybridized carbons (Fsp3) is 0.652. The van der Waals surface area contributed by atoms with Gasteiger partial charge in [0.1, 0.15) is 36.8 Å². The molecule has 2 rings (SSSR count). The first kappa shape index (κ1) is 28.0. The number of aliphatic hydroxyl groups excluding tert-OH is 4. The van der Waals surface area contributed by atoms with Crippen LogP contribution in [0.3, 0.4) is 0 Å². The number of hydrogen-bond acceptors (Lipinski definition) is 11. The third kappa shape index (κ3) is 7.36. The maximum Gasteiger partial charge on any atom is 0.339 e. The van der Waals surface area contributed by atoms with Crippen LogP contribution in [-0.4, -0.2) is 87.0 Å². The van der Waals surface area contributed by atoms with E-state index in [1.54, 1.807) is 32.9 Å². The number of aliphatic hydroxyl groups is 5. The van der Waals surface area contributed by atoms with Crippen molar-refractivity contribution in [2.45, 2.75) is 76.5 Å². The van der Waals surface area contributed by atoms with E-state index in [2.05, 4.69) is 0 Å². The average Bonchev–Trinajstić information content (AvgIpc) is 2.78. The minimum Gasteiger partial charge on any atom is -0.466 e. The van der Waals surface area contributed by atoms with E-state index in [4.69, 9.17) is 18.9 Å². The van der Waals surface area contributed by atoms with Crippen molar-refractivity contribution in [3.63, 3.8) is 0 Å². The molecule has 11 heteroatoms. The van der Waals surface area contributed by atoms with Crippen molar-refractivity contribution in [2.75, 3.05) is 13.2 Å². The first-order chi connectivity index (χ1) is 16.0. The molecule has 11 nitrogen and oxygen atoms in total. The van der Waals surface area contributed by atoms with E-state index in [0.29, 0.717) is 5.56 Å². The van der Waals surface area contributed by atoms with Crippen LogP contribution in [0.2, 0.25) is 0 Å². The van der Waals surface area contributed by atoms with Crippen molar-refractivity contribution >= 4 is 11.9 Å². The summed E-state index contributed by atoms with van der Waals surface area (Å²) in [5.41, 5.74) is -1.45. The zero-order valence-electron chi connectivity index (χ0n) is 19.5. The van der Waals surface area contributed by atoms with Crippen LogP contribution in [0.25, 0.3) is 0 Å². The Morgan fingerprint density at radius 1 is 1.06 bits per heavy atom. The van der Waals surface area contributed by atoms with E-state index in [0.717, 1.165) is 0 Å². The standard InChI is InChI=1S/C23H34O11/c1-4-31-17(25)10-23(30,9-13(2)3)22(29)32-12-14-5-7-15(8-6-14)33-21-20(28)19(27)18(26)16(11-24)34-21/h5-8,13,16,18-21,24,26-28,30H,4,9-12H2,1-3H3. The van der Waals surface area contributed by atoms with Crippen LogP contribution in [0.4, 0.5) is 0 Å². The summed E-state index contributed by atoms with van der Waals surface area (Å²) in [5, 5.41) is 49.8. The molecule has 1 fully saturated rings. The molecule has 1 aliphatic heterocycles. The summed E-state index contributed by atoms with van der Waals surface area (Å²) < 4.78 is 20.9. The molecule has 192 valence electrons. The quantitative estimate of drug-likeness (QED) is 0.259. The molecule has 0 amide bonds. The molecule has 0 radical (unpaired) electrons. The van der Waals surface area contributed by atoms with Crippen molar-refractivity contribution in [1.82, 2.24) is 0 Å². The third-order valence-corrected chi connectivity index (χ3v) is 5.26. The number of carbonyl (C=O) groups excluding carboxylic acids is 2. The maximum atomic E-state index is 12.6. The van der Waals surface area contributed by atoms with E-state index < -0.39 is 61.3 Å². The average molecular weight is 487 g/mol. The van der Waals surface area contributed by atoms with Crippen LogP contribution >= 0.6 is 0 Å². The second-order valence-corrected chi connectivity index (χ2v) is 8.65. The Balaban J connectivity index is 1.98. The molecule has 0 saturated carbocycles. The summed E-state index contributed by atoms with van der Waals surface area (Å²) in [6.45, 7) is 4.61. The molecule has 6 unspecified atom stereocenters. The van der Waals surface area contributed by atoms with Crippen LogP contribution in [0, 0.1) is 5.92 Å². The topological polar surface area (TPSA) is 172 Å². The molecule has 34 heavy (non-hydrogen) atoms. The molecule has 0 bridgehead atoms. The Morgan fingerprint density at radius 3 is 2.26 bits per heavy atom. The molecule has 1 saturated heterocycles. The Bertz CT molecular complexity index is 795. The number of ether oxygens (including phenoxy) is 4. The number of benzene rings is 1. The smallest absolute Gasteiger partial charge is 0.339 e. The molecule has 6 atom stereocenters. The van der Waals surface area contributed by atoms with Gasteiger partial charge in [0.15, 0.2) is 5.60 Å². The summed E-state index contributed by atoms with van der Waals surface area (Å²) in [4.78, 5) is 24.4. The predicted octanol–water partition coefficient (Wildman–Crippen LogP) is -0.361. The SMILES string of the molecule is CCOC(=O)CC(O)(CC(C)C)C(=O)OCc1ccc(OC2OC(CO)C(O)C(O)C2O)cc1. The highest BCUT2D eigenvalue weighted by Crippen LogP contribution is 2.26. The molecule has 1 aromatic carbocycles. The van der Waals surface area contributed by atoms with Crippen LogP contribution in [0.15, 0.2) is 24.3 Å². The van der Waals surface area contributed by atoms with Crippen molar-refractivity contribution < 1.29 is 54.1 Å². The van der Waals surface area contributed by atoms with Gasteiger partial charge in [-0.1, -0.05) is 26.0 Å². The van der Waals surface area contributed by atoms with Crippen molar-refractivity contribution in [3.05, 3.63) is 29.8 Å². The number of rotatable bonds is 11. The second kappa shape index (κ2) is 12.4. The predicted molar refractivity (Wildman–Crippen MR) is 116 cm³/mol. The lowest BCUT2D eigenvalue weighted by Crippen LogP contribution is -2.60. The lowest BCUT2D eigenvalue weighted by Gasteiger charge is -2.39. The van der Waals surface area contributed by atoms with Gasteiger partial charge >= 0.3 is 11.9 Å². The Morgan fingerprint density at radius 2 is 1.71 bits per heavy atom.